The predicted molar refractivity (Wildman–Crippen MR) is 83.6 cm³/mol. The van der Waals surface area contributed by atoms with Crippen molar-refractivity contribution in [3.05, 3.63) is 28.2 Å². The van der Waals surface area contributed by atoms with Gasteiger partial charge in [0.1, 0.15) is 5.75 Å². The minimum absolute atomic E-state index is 0. The lowest BCUT2D eigenvalue weighted by molar-refractivity contribution is 0.332. The lowest BCUT2D eigenvalue weighted by Gasteiger charge is -2.17. The van der Waals surface area contributed by atoms with Gasteiger partial charge in [-0.15, -0.1) is 12.4 Å². The Kier molecular flexibility index (Phi) is 8.66. The van der Waals surface area contributed by atoms with E-state index in [1.54, 1.807) is 0 Å². The first-order valence-electron chi connectivity index (χ1n) is 6.22. The Bertz CT molecular complexity index is 358. The zero-order valence-electron chi connectivity index (χ0n) is 11.3. The fourth-order valence-corrected chi connectivity index (χ4v) is 2.14. The van der Waals surface area contributed by atoms with E-state index in [1.807, 2.05) is 19.1 Å². The molecule has 1 rings (SSSR count). The van der Waals surface area contributed by atoms with E-state index in [1.165, 1.54) is 0 Å². The summed E-state index contributed by atoms with van der Waals surface area (Å²) in [7, 11) is 0. The van der Waals surface area contributed by atoms with Gasteiger partial charge in [-0.2, -0.15) is 0 Å². The molecule has 0 bridgehead atoms. The zero-order valence-corrected chi connectivity index (χ0v) is 13.7. The smallest absolute Gasteiger partial charge is 0.124 e. The average molecular weight is 337 g/mol. The van der Waals surface area contributed by atoms with E-state index in [2.05, 4.69) is 35.8 Å². The maximum absolute atomic E-state index is 6.24. The van der Waals surface area contributed by atoms with E-state index in [4.69, 9.17) is 10.5 Å². The lowest BCUT2D eigenvalue weighted by atomic mass is 9.98. The van der Waals surface area contributed by atoms with Gasteiger partial charge in [0.25, 0.3) is 0 Å². The van der Waals surface area contributed by atoms with Gasteiger partial charge >= 0.3 is 0 Å². The van der Waals surface area contributed by atoms with Gasteiger partial charge in [0.15, 0.2) is 0 Å². The Morgan fingerprint density at radius 1 is 1.28 bits per heavy atom. The Hall–Kier alpha value is -0.250. The van der Waals surface area contributed by atoms with E-state index in [0.29, 0.717) is 12.5 Å². The molecule has 0 aliphatic heterocycles. The number of ether oxygens (including phenoxy) is 1. The Morgan fingerprint density at radius 3 is 2.50 bits per heavy atom. The van der Waals surface area contributed by atoms with Gasteiger partial charge in [-0.1, -0.05) is 29.8 Å². The van der Waals surface area contributed by atoms with Crippen LogP contribution < -0.4 is 10.5 Å². The third-order valence-electron chi connectivity index (χ3n) is 2.73. The van der Waals surface area contributed by atoms with Crippen molar-refractivity contribution in [2.24, 2.45) is 11.7 Å². The Balaban J connectivity index is 0.00000289. The molecule has 0 aromatic heterocycles. The van der Waals surface area contributed by atoms with Crippen molar-refractivity contribution < 1.29 is 4.74 Å². The van der Waals surface area contributed by atoms with Crippen LogP contribution in [0, 0.1) is 5.92 Å². The maximum atomic E-state index is 6.24. The molecular weight excluding hydrogens is 314 g/mol. The van der Waals surface area contributed by atoms with E-state index in [0.717, 1.165) is 28.6 Å². The second-order valence-corrected chi connectivity index (χ2v) is 5.61. The summed E-state index contributed by atoms with van der Waals surface area (Å²) in [6, 6.07) is 6.09. The van der Waals surface area contributed by atoms with Crippen molar-refractivity contribution in [2.75, 3.05) is 6.61 Å². The van der Waals surface area contributed by atoms with Gasteiger partial charge < -0.3 is 10.5 Å². The summed E-state index contributed by atoms with van der Waals surface area (Å²) in [5.41, 5.74) is 7.34. The van der Waals surface area contributed by atoms with Gasteiger partial charge in [0.2, 0.25) is 0 Å². The monoisotopic (exact) mass is 335 g/mol. The van der Waals surface area contributed by atoms with E-state index >= 15 is 0 Å². The largest absolute Gasteiger partial charge is 0.494 e. The highest BCUT2D eigenvalue weighted by Gasteiger charge is 2.13. The summed E-state index contributed by atoms with van der Waals surface area (Å²) < 4.78 is 6.67. The lowest BCUT2D eigenvalue weighted by Crippen LogP contribution is -2.13. The number of hydrogen-bond acceptors (Lipinski definition) is 2. The van der Waals surface area contributed by atoms with Crippen molar-refractivity contribution in [3.63, 3.8) is 0 Å². The zero-order chi connectivity index (χ0) is 12.8. The van der Waals surface area contributed by atoms with Crippen LogP contribution in [0.3, 0.4) is 0 Å². The van der Waals surface area contributed by atoms with Gasteiger partial charge in [-0.3, -0.25) is 0 Å². The summed E-state index contributed by atoms with van der Waals surface area (Å²) >= 11 is 3.48. The van der Waals surface area contributed by atoms with Crippen molar-refractivity contribution in [3.8, 4) is 5.75 Å². The number of nitrogens with two attached hydrogens (primary N) is 1. The van der Waals surface area contributed by atoms with Gasteiger partial charge in [-0.25, -0.2) is 0 Å². The van der Waals surface area contributed by atoms with E-state index in [9.17, 15) is 0 Å². The Morgan fingerprint density at radius 2 is 1.94 bits per heavy atom. The normalized spacial score (nSPS) is 12.1. The van der Waals surface area contributed by atoms with Crippen molar-refractivity contribution in [2.45, 2.75) is 39.7 Å². The van der Waals surface area contributed by atoms with Crippen LogP contribution in [0.15, 0.2) is 22.7 Å². The standard InChI is InChI=1S/C14H22BrNO.ClH/c1-4-17-14-8-6-11(15)9-12(14)13(16)7-5-10(2)3;/h6,8-10,13H,4-5,7,16H2,1-3H3;1H/t13-;/m0./s1. The minimum Gasteiger partial charge on any atom is -0.494 e. The molecule has 0 radical (unpaired) electrons. The molecule has 0 aliphatic rings. The topological polar surface area (TPSA) is 35.2 Å². The molecule has 0 fully saturated rings. The third-order valence-corrected chi connectivity index (χ3v) is 3.22. The molecule has 2 N–H and O–H groups in total. The summed E-state index contributed by atoms with van der Waals surface area (Å²) in [5, 5.41) is 0. The molecule has 104 valence electrons. The van der Waals surface area contributed by atoms with Gasteiger partial charge in [0, 0.05) is 16.1 Å². The quantitative estimate of drug-likeness (QED) is 0.816. The van der Waals surface area contributed by atoms with Crippen LogP contribution in [-0.4, -0.2) is 6.61 Å². The van der Waals surface area contributed by atoms with Gasteiger partial charge in [0.05, 0.1) is 6.61 Å². The van der Waals surface area contributed by atoms with Crippen molar-refractivity contribution >= 4 is 28.3 Å². The molecule has 0 amide bonds. The van der Waals surface area contributed by atoms with Crippen LogP contribution in [-0.2, 0) is 0 Å². The van der Waals surface area contributed by atoms with Crippen molar-refractivity contribution in [1.82, 2.24) is 0 Å². The van der Waals surface area contributed by atoms with Crippen LogP contribution in [0.1, 0.15) is 45.2 Å². The summed E-state index contributed by atoms with van der Waals surface area (Å²) in [6.07, 6.45) is 2.13. The van der Waals surface area contributed by atoms with E-state index in [-0.39, 0.29) is 18.4 Å². The molecule has 4 heteroatoms. The summed E-state index contributed by atoms with van der Waals surface area (Å²) in [4.78, 5) is 0. The highest BCUT2D eigenvalue weighted by molar-refractivity contribution is 9.10. The molecule has 1 aromatic carbocycles. The molecule has 0 unspecified atom stereocenters. The molecular formula is C14H23BrClNO. The fourth-order valence-electron chi connectivity index (χ4n) is 1.76. The fraction of sp³-hybridized carbons (Fsp3) is 0.571. The molecule has 0 aliphatic carbocycles. The van der Waals surface area contributed by atoms with Crippen LogP contribution in [0.25, 0.3) is 0 Å². The molecule has 0 saturated carbocycles. The number of hydrogen-bond donors (Lipinski definition) is 1. The van der Waals surface area contributed by atoms with Crippen molar-refractivity contribution in [1.29, 1.82) is 0 Å². The second-order valence-electron chi connectivity index (χ2n) is 4.69. The van der Waals surface area contributed by atoms with Crippen LogP contribution in [0.4, 0.5) is 0 Å². The van der Waals surface area contributed by atoms with E-state index < -0.39 is 0 Å². The SMILES string of the molecule is CCOc1ccc(Br)cc1[C@@H](N)CCC(C)C.Cl. The molecule has 0 saturated heterocycles. The molecule has 0 heterocycles. The summed E-state index contributed by atoms with van der Waals surface area (Å²) in [6.45, 7) is 7.10. The predicted octanol–water partition coefficient (Wildman–Crippen LogP) is 4.71. The number of benzene rings is 1. The highest BCUT2D eigenvalue weighted by atomic mass is 79.9. The third kappa shape index (κ3) is 5.59. The number of halogens is 2. The molecule has 0 spiro atoms. The van der Waals surface area contributed by atoms with Crippen LogP contribution in [0.5, 0.6) is 5.75 Å². The van der Waals surface area contributed by atoms with Gasteiger partial charge in [-0.05, 0) is 43.9 Å². The highest BCUT2D eigenvalue weighted by Crippen LogP contribution is 2.30. The molecule has 1 atom stereocenters. The first kappa shape index (κ1) is 17.8. The van der Waals surface area contributed by atoms with Crippen LogP contribution in [0.2, 0.25) is 0 Å². The first-order chi connectivity index (χ1) is 8.04. The maximum Gasteiger partial charge on any atom is 0.124 e. The first-order valence-corrected chi connectivity index (χ1v) is 7.01. The summed E-state index contributed by atoms with van der Waals surface area (Å²) in [5.74, 6) is 1.59. The second kappa shape index (κ2) is 8.78. The number of rotatable bonds is 6. The Labute approximate surface area is 125 Å². The minimum atomic E-state index is 0. The average Bonchev–Trinajstić information content (AvgIpc) is 2.28. The molecule has 1 aromatic rings. The van der Waals surface area contributed by atoms with Crippen LogP contribution >= 0.6 is 28.3 Å². The molecule has 2 nitrogen and oxygen atoms in total. The molecule has 18 heavy (non-hydrogen) atoms.